The standard InChI is InChI=1S/C16H17NO4S/c1-12-5-3-7-14(9-12)21-16(18)11-17-22(19,20)15-8-4-6-13(2)10-15/h3-10,17H,11H2,1-2H3. The number of hydrogen-bond donors (Lipinski definition) is 1. The zero-order valence-electron chi connectivity index (χ0n) is 12.4. The van der Waals surface area contributed by atoms with Crippen LogP contribution in [-0.4, -0.2) is 20.9 Å². The molecule has 0 saturated carbocycles. The molecule has 0 spiro atoms. The van der Waals surface area contributed by atoms with Crippen molar-refractivity contribution in [1.29, 1.82) is 0 Å². The van der Waals surface area contributed by atoms with Crippen LogP contribution in [0.25, 0.3) is 0 Å². The van der Waals surface area contributed by atoms with Gasteiger partial charge in [0.25, 0.3) is 0 Å². The Labute approximate surface area is 130 Å². The number of hydrogen-bond acceptors (Lipinski definition) is 4. The molecule has 0 aromatic heterocycles. The van der Waals surface area contributed by atoms with Crippen LogP contribution in [0.3, 0.4) is 0 Å². The average molecular weight is 319 g/mol. The molecule has 2 aromatic rings. The van der Waals surface area contributed by atoms with E-state index in [0.717, 1.165) is 11.1 Å². The van der Waals surface area contributed by atoms with Crippen LogP contribution in [0.4, 0.5) is 0 Å². The summed E-state index contributed by atoms with van der Waals surface area (Å²) in [5.74, 6) is -0.276. The molecule has 22 heavy (non-hydrogen) atoms. The molecule has 0 aliphatic carbocycles. The molecule has 2 aromatic carbocycles. The monoisotopic (exact) mass is 319 g/mol. The molecular formula is C16H17NO4S. The van der Waals surface area contributed by atoms with Crippen LogP contribution in [0, 0.1) is 13.8 Å². The van der Waals surface area contributed by atoms with Gasteiger partial charge in [-0.25, -0.2) is 8.42 Å². The number of rotatable bonds is 5. The number of ether oxygens (including phenoxy) is 1. The number of sulfonamides is 1. The summed E-state index contributed by atoms with van der Waals surface area (Å²) in [4.78, 5) is 11.8. The largest absolute Gasteiger partial charge is 0.426 e. The second-order valence-electron chi connectivity index (χ2n) is 4.93. The lowest BCUT2D eigenvalue weighted by molar-refractivity contribution is -0.133. The fraction of sp³-hybridized carbons (Fsp3) is 0.188. The highest BCUT2D eigenvalue weighted by atomic mass is 32.2. The van der Waals surface area contributed by atoms with Crippen molar-refractivity contribution in [3.05, 3.63) is 59.7 Å². The molecule has 0 aliphatic rings. The second-order valence-corrected chi connectivity index (χ2v) is 6.70. The molecule has 0 unspecified atom stereocenters. The highest BCUT2D eigenvalue weighted by Gasteiger charge is 2.16. The van der Waals surface area contributed by atoms with Crippen LogP contribution in [0.1, 0.15) is 11.1 Å². The first-order valence-corrected chi connectivity index (χ1v) is 8.19. The van der Waals surface area contributed by atoms with Gasteiger partial charge in [-0.2, -0.15) is 4.72 Å². The Kier molecular flexibility index (Phi) is 4.95. The highest BCUT2D eigenvalue weighted by Crippen LogP contribution is 2.13. The van der Waals surface area contributed by atoms with E-state index in [1.807, 2.05) is 13.0 Å². The van der Waals surface area contributed by atoms with Crippen LogP contribution < -0.4 is 9.46 Å². The van der Waals surface area contributed by atoms with Gasteiger partial charge in [0.1, 0.15) is 12.3 Å². The van der Waals surface area contributed by atoms with Gasteiger partial charge < -0.3 is 4.74 Å². The summed E-state index contributed by atoms with van der Waals surface area (Å²) >= 11 is 0. The first kappa shape index (κ1) is 16.2. The molecule has 5 nitrogen and oxygen atoms in total. The molecule has 0 atom stereocenters. The Morgan fingerprint density at radius 1 is 1.05 bits per heavy atom. The van der Waals surface area contributed by atoms with Crippen molar-refractivity contribution in [2.24, 2.45) is 0 Å². The smallest absolute Gasteiger partial charge is 0.326 e. The van der Waals surface area contributed by atoms with E-state index in [4.69, 9.17) is 4.74 Å². The first-order valence-electron chi connectivity index (χ1n) is 6.70. The predicted octanol–water partition coefficient (Wildman–Crippen LogP) is 2.19. The van der Waals surface area contributed by atoms with E-state index in [2.05, 4.69) is 4.72 Å². The molecule has 1 N–H and O–H groups in total. The van der Waals surface area contributed by atoms with Crippen molar-refractivity contribution in [2.75, 3.05) is 6.54 Å². The number of nitrogens with one attached hydrogen (secondary N) is 1. The molecule has 0 amide bonds. The van der Waals surface area contributed by atoms with Crippen molar-refractivity contribution in [2.45, 2.75) is 18.7 Å². The van der Waals surface area contributed by atoms with Crippen LogP contribution in [0.2, 0.25) is 0 Å². The summed E-state index contributed by atoms with van der Waals surface area (Å²) in [6, 6.07) is 13.4. The van der Waals surface area contributed by atoms with E-state index in [1.54, 1.807) is 37.3 Å². The minimum atomic E-state index is -3.73. The minimum absolute atomic E-state index is 0.121. The Bertz CT molecular complexity index is 784. The normalized spacial score (nSPS) is 11.2. The predicted molar refractivity (Wildman–Crippen MR) is 83.2 cm³/mol. The summed E-state index contributed by atoms with van der Waals surface area (Å²) in [6.07, 6.45) is 0. The van der Waals surface area contributed by atoms with Crippen molar-refractivity contribution in [3.8, 4) is 5.75 Å². The number of benzene rings is 2. The molecule has 0 aliphatic heterocycles. The average Bonchev–Trinajstić information content (AvgIpc) is 2.45. The van der Waals surface area contributed by atoms with Gasteiger partial charge in [0.2, 0.25) is 10.0 Å². The molecule has 0 radical (unpaired) electrons. The van der Waals surface area contributed by atoms with Crippen LogP contribution in [0.5, 0.6) is 5.75 Å². The lowest BCUT2D eigenvalue weighted by Gasteiger charge is -2.08. The van der Waals surface area contributed by atoms with E-state index in [-0.39, 0.29) is 4.90 Å². The third kappa shape index (κ3) is 4.41. The van der Waals surface area contributed by atoms with E-state index < -0.39 is 22.5 Å². The molecule has 0 bridgehead atoms. The van der Waals surface area contributed by atoms with Gasteiger partial charge in [-0.1, -0.05) is 24.3 Å². The van der Waals surface area contributed by atoms with E-state index in [1.165, 1.54) is 12.1 Å². The van der Waals surface area contributed by atoms with Gasteiger partial charge >= 0.3 is 5.97 Å². The zero-order chi connectivity index (χ0) is 16.2. The van der Waals surface area contributed by atoms with Crippen molar-refractivity contribution >= 4 is 16.0 Å². The van der Waals surface area contributed by atoms with E-state index >= 15 is 0 Å². The quantitative estimate of drug-likeness (QED) is 0.677. The molecular weight excluding hydrogens is 302 g/mol. The summed E-state index contributed by atoms with van der Waals surface area (Å²) in [7, 11) is -3.73. The van der Waals surface area contributed by atoms with Gasteiger partial charge in [-0.15, -0.1) is 0 Å². The van der Waals surface area contributed by atoms with Crippen molar-refractivity contribution < 1.29 is 17.9 Å². The third-order valence-corrected chi connectivity index (χ3v) is 4.33. The van der Waals surface area contributed by atoms with Gasteiger partial charge in [0, 0.05) is 0 Å². The topological polar surface area (TPSA) is 72.5 Å². The molecule has 6 heteroatoms. The van der Waals surface area contributed by atoms with Gasteiger partial charge in [0.15, 0.2) is 0 Å². The number of carbonyl (C=O) groups is 1. The Hall–Kier alpha value is -2.18. The number of aryl methyl sites for hydroxylation is 2. The Morgan fingerprint density at radius 3 is 2.32 bits per heavy atom. The number of esters is 1. The van der Waals surface area contributed by atoms with Crippen LogP contribution in [0.15, 0.2) is 53.4 Å². The minimum Gasteiger partial charge on any atom is -0.426 e. The lowest BCUT2D eigenvalue weighted by atomic mass is 10.2. The number of carbonyl (C=O) groups excluding carboxylic acids is 1. The fourth-order valence-corrected chi connectivity index (χ4v) is 2.94. The van der Waals surface area contributed by atoms with Crippen LogP contribution in [-0.2, 0) is 14.8 Å². The summed E-state index contributed by atoms with van der Waals surface area (Å²) < 4.78 is 31.5. The SMILES string of the molecule is Cc1cccc(OC(=O)CNS(=O)(=O)c2cccc(C)c2)c1. The Morgan fingerprint density at radius 2 is 1.68 bits per heavy atom. The maximum atomic E-state index is 12.1. The maximum Gasteiger partial charge on any atom is 0.326 e. The summed E-state index contributed by atoms with van der Waals surface area (Å²) in [6.45, 7) is 3.24. The summed E-state index contributed by atoms with van der Waals surface area (Å²) in [5.41, 5.74) is 1.77. The molecule has 0 saturated heterocycles. The van der Waals surface area contributed by atoms with Crippen molar-refractivity contribution in [3.63, 3.8) is 0 Å². The first-order chi connectivity index (χ1) is 10.4. The maximum absolute atomic E-state index is 12.1. The Balaban J connectivity index is 1.98. The molecule has 2 rings (SSSR count). The molecule has 116 valence electrons. The third-order valence-electron chi connectivity index (χ3n) is 2.93. The molecule has 0 heterocycles. The van der Waals surface area contributed by atoms with Gasteiger partial charge in [0.05, 0.1) is 4.90 Å². The second kappa shape index (κ2) is 6.72. The molecule has 0 fully saturated rings. The van der Waals surface area contributed by atoms with Crippen LogP contribution >= 0.6 is 0 Å². The lowest BCUT2D eigenvalue weighted by Crippen LogP contribution is -2.32. The zero-order valence-corrected chi connectivity index (χ0v) is 13.2. The van der Waals surface area contributed by atoms with E-state index in [0.29, 0.717) is 5.75 Å². The summed E-state index contributed by atoms with van der Waals surface area (Å²) in [5, 5.41) is 0. The highest BCUT2D eigenvalue weighted by molar-refractivity contribution is 7.89. The van der Waals surface area contributed by atoms with Crippen molar-refractivity contribution in [1.82, 2.24) is 4.72 Å². The van der Waals surface area contributed by atoms with E-state index in [9.17, 15) is 13.2 Å². The van der Waals surface area contributed by atoms with Gasteiger partial charge in [-0.3, -0.25) is 4.79 Å². The fourth-order valence-electron chi connectivity index (χ4n) is 1.87. The van der Waals surface area contributed by atoms with Gasteiger partial charge in [-0.05, 0) is 49.2 Å².